The van der Waals surface area contributed by atoms with E-state index < -0.39 is 0 Å². The van der Waals surface area contributed by atoms with Crippen molar-refractivity contribution in [2.75, 3.05) is 33.0 Å². The molecular weight excluding hydrogens is 279 g/mol. The van der Waals surface area contributed by atoms with Crippen molar-refractivity contribution in [2.24, 2.45) is 0 Å². The van der Waals surface area contributed by atoms with E-state index in [0.717, 1.165) is 39.1 Å². The summed E-state index contributed by atoms with van der Waals surface area (Å²) in [5, 5.41) is 4.50. The molecule has 0 bridgehead atoms. The average Bonchev–Trinajstić information content (AvgIpc) is 2.46. The largest absolute Gasteiger partial charge is 1.00 e. The van der Waals surface area contributed by atoms with Crippen LogP contribution in [0.15, 0.2) is 24.5 Å². The second kappa shape index (κ2) is 16.0. The van der Waals surface area contributed by atoms with Gasteiger partial charge in [-0.3, -0.25) is 4.98 Å². The molecule has 0 saturated heterocycles. The molecule has 1 aromatic heterocycles. The molecule has 0 aliphatic heterocycles. The Labute approximate surface area is 165 Å². The number of unbranched alkanes of at least 4 members (excludes halogenated alkanes) is 2. The summed E-state index contributed by atoms with van der Waals surface area (Å²) in [4.78, 5) is 4.07. The second-order valence-electron chi connectivity index (χ2n) is 4.34. The molecule has 0 aromatic carbocycles. The molecule has 0 spiro atoms. The molecule has 5 heteroatoms. The quantitative estimate of drug-likeness (QED) is 0.409. The first-order valence-corrected chi connectivity index (χ1v) is 7.11. The van der Waals surface area contributed by atoms with E-state index in [-0.39, 0.29) is 51.4 Å². The third-order valence-electron chi connectivity index (χ3n) is 2.70. The van der Waals surface area contributed by atoms with E-state index in [4.69, 9.17) is 9.47 Å². The van der Waals surface area contributed by atoms with E-state index in [1.165, 1.54) is 12.0 Å². The molecule has 4 nitrogen and oxygen atoms in total. The van der Waals surface area contributed by atoms with Crippen LogP contribution in [-0.4, -0.2) is 38.0 Å². The predicted octanol–water partition coefficient (Wildman–Crippen LogP) is 0.183. The van der Waals surface area contributed by atoms with Crippen LogP contribution >= 0.6 is 0 Å². The Bertz CT molecular complexity index is 299. The number of aromatic nitrogens is 1. The van der Waals surface area contributed by atoms with Gasteiger partial charge in [-0.15, -0.1) is 13.1 Å². The van der Waals surface area contributed by atoms with Crippen molar-refractivity contribution in [3.05, 3.63) is 35.4 Å². The third-order valence-corrected chi connectivity index (χ3v) is 2.70. The smallest absolute Gasteiger partial charge is 0.658 e. The predicted molar refractivity (Wildman–Crippen MR) is 77.3 cm³/mol. The van der Waals surface area contributed by atoms with Crippen LogP contribution in [0.3, 0.4) is 0 Å². The van der Waals surface area contributed by atoms with E-state index >= 15 is 0 Å². The number of ether oxygens (including phenoxy) is 2. The maximum atomic E-state index is 5.45. The Hall–Kier alpha value is 0.666. The maximum Gasteiger partial charge on any atom is 1.00 e. The van der Waals surface area contributed by atoms with Gasteiger partial charge in [-0.05, 0) is 19.4 Å². The Balaban J connectivity index is 0.00000361. The minimum absolute atomic E-state index is 0. The van der Waals surface area contributed by atoms with Gasteiger partial charge < -0.3 is 14.8 Å². The van der Waals surface area contributed by atoms with Gasteiger partial charge in [0.1, 0.15) is 0 Å². The third kappa shape index (κ3) is 12.4. The van der Waals surface area contributed by atoms with Gasteiger partial charge >= 0.3 is 51.4 Å². The zero-order chi connectivity index (χ0) is 13.6. The van der Waals surface area contributed by atoms with Crippen LogP contribution in [0.4, 0.5) is 0 Å². The van der Waals surface area contributed by atoms with Gasteiger partial charge in [0, 0.05) is 25.6 Å². The maximum absolute atomic E-state index is 5.45. The molecule has 20 heavy (non-hydrogen) atoms. The summed E-state index contributed by atoms with van der Waals surface area (Å²) in [5.41, 5.74) is 1.18. The van der Waals surface area contributed by atoms with Crippen LogP contribution in [0.25, 0.3) is 5.32 Å². The van der Waals surface area contributed by atoms with Gasteiger partial charge in [0.05, 0.1) is 13.2 Å². The molecular formula is C15H25KN2O2. The zero-order valence-corrected chi connectivity index (χ0v) is 16.0. The van der Waals surface area contributed by atoms with Gasteiger partial charge in [-0.1, -0.05) is 24.5 Å². The van der Waals surface area contributed by atoms with Crippen molar-refractivity contribution in [3.8, 4) is 0 Å². The first kappa shape index (κ1) is 20.7. The molecule has 0 aliphatic carbocycles. The molecule has 0 atom stereocenters. The normalized spacial score (nSPS) is 10.2. The fourth-order valence-electron chi connectivity index (χ4n) is 1.67. The van der Waals surface area contributed by atoms with Crippen LogP contribution in [0.2, 0.25) is 0 Å². The van der Waals surface area contributed by atoms with Crippen LogP contribution < -0.4 is 51.4 Å². The summed E-state index contributed by atoms with van der Waals surface area (Å²) < 4.78 is 10.6. The van der Waals surface area contributed by atoms with Crippen molar-refractivity contribution < 1.29 is 60.9 Å². The molecule has 0 amide bonds. The minimum Gasteiger partial charge on any atom is -0.658 e. The van der Waals surface area contributed by atoms with Crippen LogP contribution in [-0.2, 0) is 16.0 Å². The summed E-state index contributed by atoms with van der Waals surface area (Å²) in [5.74, 6) is 0. The van der Waals surface area contributed by atoms with Crippen molar-refractivity contribution >= 4 is 0 Å². The fourth-order valence-corrected chi connectivity index (χ4v) is 1.67. The van der Waals surface area contributed by atoms with Crippen LogP contribution in [0.1, 0.15) is 31.7 Å². The Morgan fingerprint density at radius 2 is 1.95 bits per heavy atom. The number of pyridine rings is 1. The van der Waals surface area contributed by atoms with Crippen molar-refractivity contribution in [2.45, 2.75) is 32.7 Å². The number of nitrogens with zero attached hydrogens (tertiary/aromatic N) is 2. The molecule has 1 heterocycles. The van der Waals surface area contributed by atoms with E-state index in [2.05, 4.69) is 16.4 Å². The van der Waals surface area contributed by atoms with Gasteiger partial charge in [0.2, 0.25) is 0 Å². The number of rotatable bonds is 12. The van der Waals surface area contributed by atoms with Gasteiger partial charge in [0.25, 0.3) is 0 Å². The average molecular weight is 304 g/mol. The fraction of sp³-hybridized carbons (Fsp3) is 0.667. The van der Waals surface area contributed by atoms with E-state index in [9.17, 15) is 0 Å². The number of hydrogen-bond donors (Lipinski definition) is 0. The minimum atomic E-state index is 0. The molecule has 0 aliphatic rings. The summed E-state index contributed by atoms with van der Waals surface area (Å²) in [7, 11) is 0. The first-order valence-electron chi connectivity index (χ1n) is 7.11. The van der Waals surface area contributed by atoms with Crippen molar-refractivity contribution in [3.63, 3.8) is 0 Å². The topological polar surface area (TPSA) is 45.5 Å². The van der Waals surface area contributed by atoms with Crippen LogP contribution in [0.5, 0.6) is 0 Å². The van der Waals surface area contributed by atoms with E-state index in [1.54, 1.807) is 6.20 Å². The molecule has 108 valence electrons. The van der Waals surface area contributed by atoms with E-state index in [1.807, 2.05) is 19.2 Å². The van der Waals surface area contributed by atoms with E-state index in [0.29, 0.717) is 13.2 Å². The van der Waals surface area contributed by atoms with Gasteiger partial charge in [-0.25, -0.2) is 0 Å². The first-order chi connectivity index (χ1) is 9.43. The monoisotopic (exact) mass is 304 g/mol. The Kier molecular flexibility index (Phi) is 16.6. The summed E-state index contributed by atoms with van der Waals surface area (Å²) >= 11 is 0. The molecule has 0 saturated carbocycles. The molecule has 1 rings (SSSR count). The second-order valence-corrected chi connectivity index (χ2v) is 4.34. The zero-order valence-electron chi connectivity index (χ0n) is 12.9. The number of hydrogen-bond acceptors (Lipinski definition) is 3. The summed E-state index contributed by atoms with van der Waals surface area (Å²) in [6.07, 6.45) is 7.07. The van der Waals surface area contributed by atoms with Crippen molar-refractivity contribution in [1.29, 1.82) is 0 Å². The Morgan fingerprint density at radius 3 is 2.70 bits per heavy atom. The summed E-state index contributed by atoms with van der Waals surface area (Å²) in [6.45, 7) is 6.70. The molecule has 0 unspecified atom stereocenters. The Morgan fingerprint density at radius 1 is 1.10 bits per heavy atom. The molecule has 0 N–H and O–H groups in total. The molecule has 0 radical (unpaired) electrons. The molecule has 0 fully saturated rings. The summed E-state index contributed by atoms with van der Waals surface area (Å²) in [6, 6.07) is 4.01. The van der Waals surface area contributed by atoms with Crippen LogP contribution in [0, 0.1) is 0 Å². The standard InChI is InChI=1S/C15H25N2O2.K/c1-2-18-11-12-19-10-5-3-4-8-16-13-15-7-6-9-17-14-15;/h6-7,9,14H,2-5,8,10-13H2,1H3;/q-1;+1. The van der Waals surface area contributed by atoms with Crippen molar-refractivity contribution in [1.82, 2.24) is 4.98 Å². The SMILES string of the molecule is CCOCCOCCCCC[N-]Cc1cccnc1.[K+]. The van der Waals surface area contributed by atoms with Gasteiger partial charge in [-0.2, -0.15) is 0 Å². The van der Waals surface area contributed by atoms with Gasteiger partial charge in [0.15, 0.2) is 0 Å². The molecule has 1 aromatic rings.